The van der Waals surface area contributed by atoms with Crippen LogP contribution >= 0.6 is 0 Å². The van der Waals surface area contributed by atoms with Crippen LogP contribution in [0.2, 0.25) is 0 Å². The number of amides is 2. The number of fused-ring (bicyclic) bond motifs is 1. The first-order valence-electron chi connectivity index (χ1n) is 13.4. The molecular weight excluding hydrogens is 488 g/mol. The van der Waals surface area contributed by atoms with Gasteiger partial charge in [-0.2, -0.15) is 0 Å². The molecule has 202 valence electrons. The van der Waals surface area contributed by atoms with Crippen LogP contribution in [0.4, 0.5) is 22.0 Å². The van der Waals surface area contributed by atoms with Crippen molar-refractivity contribution in [2.45, 2.75) is 45.1 Å². The van der Waals surface area contributed by atoms with E-state index < -0.39 is 0 Å². The van der Waals surface area contributed by atoms with Gasteiger partial charge in [-0.1, -0.05) is 57.2 Å². The minimum absolute atomic E-state index is 0.0564. The molecule has 2 amide bonds. The van der Waals surface area contributed by atoms with Crippen LogP contribution in [-0.4, -0.2) is 37.4 Å². The van der Waals surface area contributed by atoms with Crippen molar-refractivity contribution in [3.05, 3.63) is 78.5 Å². The van der Waals surface area contributed by atoms with Crippen molar-refractivity contribution in [3.63, 3.8) is 0 Å². The van der Waals surface area contributed by atoms with E-state index in [1.54, 1.807) is 7.11 Å². The molecule has 0 radical (unpaired) electrons. The van der Waals surface area contributed by atoms with Gasteiger partial charge in [-0.3, -0.25) is 0 Å². The Kier molecular flexibility index (Phi) is 7.70. The maximum atomic E-state index is 13.1. The van der Waals surface area contributed by atoms with E-state index in [4.69, 9.17) is 9.47 Å². The summed E-state index contributed by atoms with van der Waals surface area (Å²) in [6.07, 6.45) is 3.88. The van der Waals surface area contributed by atoms with Crippen LogP contribution in [0.5, 0.6) is 5.75 Å². The van der Waals surface area contributed by atoms with Gasteiger partial charge in [0.1, 0.15) is 11.6 Å². The molecule has 7 heteroatoms. The van der Waals surface area contributed by atoms with Crippen LogP contribution in [0.15, 0.2) is 72.9 Å². The standard InChI is InChI=1S/C32H36N4O3/c1-32(2,3)22-10-13-29(38-4)28(19-22)36-31(37)35-27-12-11-24(25-7-5-6-8-26(25)27)21-9-14-30(33-20-21)34-23-15-17-39-18-16-23/h5-14,19-20,23H,15-18H2,1-4H3,(H,33,34)(H2,35,36,37). The van der Waals surface area contributed by atoms with Gasteiger partial charge in [0.25, 0.3) is 0 Å². The third-order valence-electron chi connectivity index (χ3n) is 7.13. The summed E-state index contributed by atoms with van der Waals surface area (Å²) in [5, 5.41) is 11.5. The molecule has 0 aliphatic carbocycles. The first-order valence-corrected chi connectivity index (χ1v) is 13.4. The second-order valence-electron chi connectivity index (χ2n) is 10.9. The quantitative estimate of drug-likeness (QED) is 0.244. The second kappa shape index (κ2) is 11.3. The number of anilines is 3. The highest BCUT2D eigenvalue weighted by molar-refractivity contribution is 6.10. The fourth-order valence-corrected chi connectivity index (χ4v) is 4.90. The van der Waals surface area contributed by atoms with E-state index in [1.165, 1.54) is 0 Å². The van der Waals surface area contributed by atoms with Gasteiger partial charge >= 0.3 is 6.03 Å². The summed E-state index contributed by atoms with van der Waals surface area (Å²) < 4.78 is 10.9. The fourth-order valence-electron chi connectivity index (χ4n) is 4.90. The topological polar surface area (TPSA) is 84.5 Å². The summed E-state index contributed by atoms with van der Waals surface area (Å²) in [4.78, 5) is 17.8. The maximum absolute atomic E-state index is 13.1. The lowest BCUT2D eigenvalue weighted by Gasteiger charge is -2.23. The molecule has 1 aromatic heterocycles. The van der Waals surface area contributed by atoms with Crippen LogP contribution < -0.4 is 20.7 Å². The van der Waals surface area contributed by atoms with Gasteiger partial charge in [0.2, 0.25) is 0 Å². The summed E-state index contributed by atoms with van der Waals surface area (Å²) in [5.41, 5.74) is 4.48. The van der Waals surface area contributed by atoms with E-state index in [0.717, 1.165) is 65.0 Å². The number of benzene rings is 3. The van der Waals surface area contributed by atoms with Crippen LogP contribution in [-0.2, 0) is 10.2 Å². The van der Waals surface area contributed by atoms with E-state index >= 15 is 0 Å². The average Bonchev–Trinajstić information content (AvgIpc) is 2.94. The number of hydrogen-bond donors (Lipinski definition) is 3. The van der Waals surface area contributed by atoms with Crippen LogP contribution in [0.1, 0.15) is 39.2 Å². The van der Waals surface area contributed by atoms with E-state index in [1.807, 2.05) is 60.8 Å². The smallest absolute Gasteiger partial charge is 0.323 e. The Bertz CT molecular complexity index is 1460. The molecule has 3 N–H and O–H groups in total. The lowest BCUT2D eigenvalue weighted by Crippen LogP contribution is -2.28. The summed E-state index contributed by atoms with van der Waals surface area (Å²) in [5.74, 6) is 1.48. The molecule has 4 aromatic rings. The molecule has 1 fully saturated rings. The number of nitrogens with one attached hydrogen (secondary N) is 3. The summed E-state index contributed by atoms with van der Waals surface area (Å²) in [6, 6.07) is 22.1. The van der Waals surface area contributed by atoms with Gasteiger partial charge in [-0.15, -0.1) is 0 Å². The lowest BCUT2D eigenvalue weighted by atomic mass is 9.87. The molecule has 7 nitrogen and oxygen atoms in total. The Hall–Kier alpha value is -4.10. The number of carbonyl (C=O) groups is 1. The number of aromatic nitrogens is 1. The van der Waals surface area contributed by atoms with E-state index in [0.29, 0.717) is 17.5 Å². The summed E-state index contributed by atoms with van der Waals surface area (Å²) in [6.45, 7) is 7.99. The highest BCUT2D eigenvalue weighted by atomic mass is 16.5. The minimum Gasteiger partial charge on any atom is -0.495 e. The molecule has 0 bridgehead atoms. The predicted octanol–water partition coefficient (Wildman–Crippen LogP) is 7.44. The maximum Gasteiger partial charge on any atom is 0.323 e. The molecular formula is C32H36N4O3. The Labute approximate surface area is 229 Å². The van der Waals surface area contributed by atoms with E-state index in [2.05, 4.69) is 53.8 Å². The van der Waals surface area contributed by atoms with Crippen LogP contribution in [0.25, 0.3) is 21.9 Å². The number of methoxy groups -OCH3 is 1. The normalized spacial score (nSPS) is 14.2. The number of urea groups is 1. The molecule has 1 aliphatic heterocycles. The molecule has 0 unspecified atom stereocenters. The van der Waals surface area contributed by atoms with Crippen molar-refractivity contribution in [1.82, 2.24) is 4.98 Å². The predicted molar refractivity (Wildman–Crippen MR) is 159 cm³/mol. The van der Waals surface area contributed by atoms with Crippen molar-refractivity contribution >= 4 is 34.0 Å². The van der Waals surface area contributed by atoms with Gasteiger partial charge in [0.15, 0.2) is 0 Å². The largest absolute Gasteiger partial charge is 0.495 e. The molecule has 1 aliphatic rings. The van der Waals surface area contributed by atoms with E-state index in [-0.39, 0.29) is 11.4 Å². The van der Waals surface area contributed by atoms with Gasteiger partial charge in [0.05, 0.1) is 18.5 Å². The van der Waals surface area contributed by atoms with Crippen LogP contribution in [0, 0.1) is 0 Å². The highest BCUT2D eigenvalue weighted by Crippen LogP contribution is 2.35. The summed E-state index contributed by atoms with van der Waals surface area (Å²) in [7, 11) is 1.60. The molecule has 0 spiro atoms. The van der Waals surface area contributed by atoms with Gasteiger partial charge in [0, 0.05) is 36.4 Å². The average molecular weight is 525 g/mol. The summed E-state index contributed by atoms with van der Waals surface area (Å²) >= 11 is 0. The monoisotopic (exact) mass is 524 g/mol. The molecule has 39 heavy (non-hydrogen) atoms. The van der Waals surface area contributed by atoms with Gasteiger partial charge in [-0.05, 0) is 65.1 Å². The number of nitrogens with zero attached hydrogens (tertiary/aromatic N) is 1. The van der Waals surface area contributed by atoms with Gasteiger partial charge < -0.3 is 25.4 Å². The van der Waals surface area contributed by atoms with Gasteiger partial charge in [-0.25, -0.2) is 9.78 Å². The molecule has 0 saturated carbocycles. The lowest BCUT2D eigenvalue weighted by molar-refractivity contribution is 0.0904. The van der Waals surface area contributed by atoms with Crippen molar-refractivity contribution in [2.24, 2.45) is 0 Å². The number of rotatable bonds is 6. The second-order valence-corrected chi connectivity index (χ2v) is 10.9. The zero-order valence-electron chi connectivity index (χ0n) is 23.0. The first-order chi connectivity index (χ1) is 18.8. The molecule has 2 heterocycles. The Morgan fingerprint density at radius 3 is 2.36 bits per heavy atom. The molecule has 3 aromatic carbocycles. The molecule has 0 atom stereocenters. The zero-order chi connectivity index (χ0) is 27.4. The van der Waals surface area contributed by atoms with Crippen LogP contribution in [0.3, 0.4) is 0 Å². The fraction of sp³-hybridized carbons (Fsp3) is 0.312. The van der Waals surface area contributed by atoms with Crippen molar-refractivity contribution in [2.75, 3.05) is 36.3 Å². The number of ether oxygens (including phenoxy) is 2. The minimum atomic E-state index is -0.331. The third-order valence-corrected chi connectivity index (χ3v) is 7.13. The Morgan fingerprint density at radius 1 is 0.923 bits per heavy atom. The zero-order valence-corrected chi connectivity index (χ0v) is 23.0. The highest BCUT2D eigenvalue weighted by Gasteiger charge is 2.18. The number of pyridine rings is 1. The molecule has 1 saturated heterocycles. The van der Waals surface area contributed by atoms with Crippen molar-refractivity contribution in [1.29, 1.82) is 0 Å². The van der Waals surface area contributed by atoms with E-state index in [9.17, 15) is 4.79 Å². The first kappa shape index (κ1) is 26.5. The van der Waals surface area contributed by atoms with Crippen molar-refractivity contribution in [3.8, 4) is 16.9 Å². The Balaban J connectivity index is 1.36. The SMILES string of the molecule is COc1ccc(C(C)(C)C)cc1NC(=O)Nc1ccc(-c2ccc(NC3CCOCC3)nc2)c2ccccc12. The number of carbonyl (C=O) groups excluding carboxylic acids is 1. The number of hydrogen-bond acceptors (Lipinski definition) is 5. The third kappa shape index (κ3) is 6.15. The van der Waals surface area contributed by atoms with Crippen molar-refractivity contribution < 1.29 is 14.3 Å². The molecule has 5 rings (SSSR count). The Morgan fingerprint density at radius 2 is 1.67 bits per heavy atom.